The lowest BCUT2D eigenvalue weighted by Gasteiger charge is -2.19. The lowest BCUT2D eigenvalue weighted by atomic mass is 10.1. The topological polar surface area (TPSA) is 37.8 Å². The van der Waals surface area contributed by atoms with E-state index in [4.69, 9.17) is 0 Å². The van der Waals surface area contributed by atoms with Crippen molar-refractivity contribution in [3.8, 4) is 0 Å². The molecule has 0 saturated carbocycles. The predicted octanol–water partition coefficient (Wildman–Crippen LogP) is 3.97. The van der Waals surface area contributed by atoms with E-state index in [9.17, 15) is 0 Å². The van der Waals surface area contributed by atoms with Gasteiger partial charge in [-0.1, -0.05) is 33.6 Å². The van der Waals surface area contributed by atoms with Crippen molar-refractivity contribution in [3.63, 3.8) is 0 Å². The first kappa shape index (κ1) is 14.3. The molecule has 0 fully saturated rings. The SMILES string of the molecule is CCCC(CCC)Nc1ncncc1SCC. The maximum absolute atomic E-state index is 4.36. The van der Waals surface area contributed by atoms with Crippen LogP contribution >= 0.6 is 11.8 Å². The molecule has 4 heteroatoms. The van der Waals surface area contributed by atoms with Gasteiger partial charge in [0.1, 0.15) is 12.1 Å². The smallest absolute Gasteiger partial charge is 0.143 e. The molecule has 0 radical (unpaired) electrons. The Kier molecular flexibility index (Phi) is 7.01. The van der Waals surface area contributed by atoms with Crippen molar-refractivity contribution in [2.45, 2.75) is 57.4 Å². The molecule has 1 heterocycles. The largest absolute Gasteiger partial charge is 0.366 e. The van der Waals surface area contributed by atoms with Gasteiger partial charge in [0.2, 0.25) is 0 Å². The molecule has 1 aromatic rings. The maximum atomic E-state index is 4.36. The minimum atomic E-state index is 0.538. The molecule has 17 heavy (non-hydrogen) atoms. The molecule has 0 atom stereocenters. The zero-order valence-electron chi connectivity index (χ0n) is 11.1. The van der Waals surface area contributed by atoms with Crippen LogP contribution in [0.4, 0.5) is 5.82 Å². The lowest BCUT2D eigenvalue weighted by Crippen LogP contribution is -2.20. The van der Waals surface area contributed by atoms with Crippen LogP contribution in [0, 0.1) is 0 Å². The van der Waals surface area contributed by atoms with Crippen molar-refractivity contribution in [1.29, 1.82) is 0 Å². The Morgan fingerprint density at radius 2 is 1.94 bits per heavy atom. The third kappa shape index (κ3) is 4.94. The van der Waals surface area contributed by atoms with Gasteiger partial charge < -0.3 is 5.32 Å². The highest BCUT2D eigenvalue weighted by molar-refractivity contribution is 7.99. The predicted molar refractivity (Wildman–Crippen MR) is 75.7 cm³/mol. The third-order valence-electron chi connectivity index (χ3n) is 2.59. The van der Waals surface area contributed by atoms with Gasteiger partial charge in [-0.2, -0.15) is 0 Å². The average Bonchev–Trinajstić information content (AvgIpc) is 2.33. The summed E-state index contributed by atoms with van der Waals surface area (Å²) in [4.78, 5) is 9.61. The molecule has 3 nitrogen and oxygen atoms in total. The Hall–Kier alpha value is -0.770. The van der Waals surface area contributed by atoms with E-state index >= 15 is 0 Å². The maximum Gasteiger partial charge on any atom is 0.143 e. The second-order valence-electron chi connectivity index (χ2n) is 4.09. The highest BCUT2D eigenvalue weighted by atomic mass is 32.2. The highest BCUT2D eigenvalue weighted by Gasteiger charge is 2.10. The molecule has 0 unspecified atom stereocenters. The first-order valence-corrected chi connectivity index (χ1v) is 7.49. The molecule has 0 aliphatic carbocycles. The second-order valence-corrected chi connectivity index (χ2v) is 5.39. The number of hydrogen-bond acceptors (Lipinski definition) is 4. The van der Waals surface area contributed by atoms with Gasteiger partial charge >= 0.3 is 0 Å². The first-order chi connectivity index (χ1) is 8.31. The number of nitrogens with one attached hydrogen (secondary N) is 1. The fourth-order valence-electron chi connectivity index (χ4n) is 1.87. The van der Waals surface area contributed by atoms with Crippen LogP contribution in [-0.4, -0.2) is 21.8 Å². The third-order valence-corrected chi connectivity index (χ3v) is 3.49. The number of hydrogen-bond donors (Lipinski definition) is 1. The lowest BCUT2D eigenvalue weighted by molar-refractivity contribution is 0.583. The van der Waals surface area contributed by atoms with Crippen LogP contribution in [0.25, 0.3) is 0 Å². The normalized spacial score (nSPS) is 10.8. The van der Waals surface area contributed by atoms with Gasteiger partial charge in [-0.3, -0.25) is 0 Å². The quantitative estimate of drug-likeness (QED) is 0.711. The minimum Gasteiger partial charge on any atom is -0.366 e. The molecule has 0 aliphatic rings. The summed E-state index contributed by atoms with van der Waals surface area (Å²) in [6.45, 7) is 6.61. The summed E-state index contributed by atoms with van der Waals surface area (Å²) < 4.78 is 0. The van der Waals surface area contributed by atoms with E-state index in [-0.39, 0.29) is 0 Å². The Morgan fingerprint density at radius 3 is 2.53 bits per heavy atom. The van der Waals surface area contributed by atoms with Gasteiger partial charge in [0, 0.05) is 12.2 Å². The van der Waals surface area contributed by atoms with Crippen LogP contribution in [-0.2, 0) is 0 Å². The Labute approximate surface area is 109 Å². The molecule has 0 bridgehead atoms. The van der Waals surface area contributed by atoms with Gasteiger partial charge in [-0.05, 0) is 18.6 Å². The molecule has 0 aliphatic heterocycles. The summed E-state index contributed by atoms with van der Waals surface area (Å²) in [5.74, 6) is 2.05. The van der Waals surface area contributed by atoms with Crippen molar-refractivity contribution in [1.82, 2.24) is 9.97 Å². The Balaban J connectivity index is 2.69. The number of anilines is 1. The van der Waals surface area contributed by atoms with Crippen molar-refractivity contribution < 1.29 is 0 Å². The Bertz CT molecular complexity index is 311. The number of aromatic nitrogens is 2. The molecule has 1 aromatic heterocycles. The van der Waals surface area contributed by atoms with E-state index in [1.165, 1.54) is 25.7 Å². The van der Waals surface area contributed by atoms with Crippen LogP contribution in [0.2, 0.25) is 0 Å². The average molecular weight is 253 g/mol. The molecule has 0 amide bonds. The summed E-state index contributed by atoms with van der Waals surface area (Å²) in [7, 11) is 0. The molecular weight excluding hydrogens is 230 g/mol. The molecule has 1 rings (SSSR count). The van der Waals surface area contributed by atoms with Gasteiger partial charge in [-0.25, -0.2) is 9.97 Å². The van der Waals surface area contributed by atoms with Crippen LogP contribution < -0.4 is 5.32 Å². The number of thioether (sulfide) groups is 1. The summed E-state index contributed by atoms with van der Waals surface area (Å²) in [5, 5.41) is 3.56. The number of rotatable bonds is 8. The standard InChI is InChI=1S/C13H23N3S/c1-4-7-11(8-5-2)16-13-12(17-6-3)9-14-10-15-13/h9-11H,4-8H2,1-3H3,(H,14,15,16). The minimum absolute atomic E-state index is 0.538. The van der Waals surface area contributed by atoms with E-state index in [0.717, 1.165) is 16.5 Å². The first-order valence-electron chi connectivity index (χ1n) is 6.51. The summed E-state index contributed by atoms with van der Waals surface area (Å²) in [5.41, 5.74) is 0. The van der Waals surface area contributed by atoms with Gasteiger partial charge in [-0.15, -0.1) is 11.8 Å². The van der Waals surface area contributed by atoms with E-state index in [0.29, 0.717) is 6.04 Å². The molecule has 0 aromatic carbocycles. The van der Waals surface area contributed by atoms with Gasteiger partial charge in [0.25, 0.3) is 0 Å². The van der Waals surface area contributed by atoms with Crippen molar-refractivity contribution in [2.75, 3.05) is 11.1 Å². The van der Waals surface area contributed by atoms with Crippen LogP contribution in [0.3, 0.4) is 0 Å². The van der Waals surface area contributed by atoms with E-state index in [1.54, 1.807) is 18.1 Å². The Morgan fingerprint density at radius 1 is 1.24 bits per heavy atom. The fraction of sp³-hybridized carbons (Fsp3) is 0.692. The van der Waals surface area contributed by atoms with Crippen molar-refractivity contribution in [2.24, 2.45) is 0 Å². The fourth-order valence-corrected chi connectivity index (χ4v) is 2.56. The van der Waals surface area contributed by atoms with Crippen molar-refractivity contribution >= 4 is 17.6 Å². The van der Waals surface area contributed by atoms with E-state index in [2.05, 4.69) is 36.1 Å². The van der Waals surface area contributed by atoms with Crippen LogP contribution in [0.1, 0.15) is 46.5 Å². The summed E-state index contributed by atoms with van der Waals surface area (Å²) >= 11 is 1.79. The van der Waals surface area contributed by atoms with Gasteiger partial charge in [0.05, 0.1) is 4.90 Å². The number of nitrogens with zero attached hydrogens (tertiary/aromatic N) is 2. The molecule has 0 saturated heterocycles. The highest BCUT2D eigenvalue weighted by Crippen LogP contribution is 2.25. The monoisotopic (exact) mass is 253 g/mol. The molecule has 0 spiro atoms. The molecule has 1 N–H and O–H groups in total. The zero-order valence-corrected chi connectivity index (χ0v) is 11.9. The van der Waals surface area contributed by atoms with E-state index < -0.39 is 0 Å². The molecule has 96 valence electrons. The van der Waals surface area contributed by atoms with Crippen molar-refractivity contribution in [3.05, 3.63) is 12.5 Å². The van der Waals surface area contributed by atoms with Crippen LogP contribution in [0.15, 0.2) is 17.4 Å². The van der Waals surface area contributed by atoms with Gasteiger partial charge in [0.15, 0.2) is 0 Å². The second kappa shape index (κ2) is 8.34. The summed E-state index contributed by atoms with van der Waals surface area (Å²) in [6.07, 6.45) is 8.34. The zero-order chi connectivity index (χ0) is 12.5. The van der Waals surface area contributed by atoms with E-state index in [1.807, 2.05) is 6.20 Å². The summed E-state index contributed by atoms with van der Waals surface area (Å²) in [6, 6.07) is 0.538. The van der Waals surface area contributed by atoms with Crippen LogP contribution in [0.5, 0.6) is 0 Å². The molecular formula is C13H23N3S.